The van der Waals surface area contributed by atoms with E-state index in [0.29, 0.717) is 28.0 Å². The van der Waals surface area contributed by atoms with Gasteiger partial charge in [-0.15, -0.1) is 11.8 Å². The minimum atomic E-state index is -0.684. The molecule has 1 aromatic heterocycles. The lowest BCUT2D eigenvalue weighted by atomic mass is 10.1. The molecule has 0 saturated heterocycles. The second kappa shape index (κ2) is 15.8. The van der Waals surface area contributed by atoms with Crippen molar-refractivity contribution in [3.8, 4) is 0 Å². The minimum absolute atomic E-state index is 0.146. The number of anilines is 2. The van der Waals surface area contributed by atoms with Crippen LogP contribution in [0, 0.1) is 10.1 Å². The fraction of sp³-hybridized carbons (Fsp3) is 0.167. The number of carbonyl (C=O) groups excluding carboxylic acids is 3. The van der Waals surface area contributed by atoms with E-state index in [1.807, 2.05) is 19.9 Å². The average Bonchev–Trinajstić information content (AvgIpc) is 3.46. The maximum Gasteiger partial charge on any atom is 0.276 e. The fourth-order valence-electron chi connectivity index (χ4n) is 3.84. The predicted octanol–water partition coefficient (Wildman–Crippen LogP) is 6.48. The van der Waals surface area contributed by atoms with Gasteiger partial charge in [-0.3, -0.25) is 29.8 Å². The SMILES string of the molecule is CCSc1nsc(NC(=O)C(CC)Sc2cccc(NC(=O)/C(=C\c3ccccc3[N+](=O)[O-])NC(=O)c3ccccc3)c2)n1. The molecule has 3 amide bonds. The summed E-state index contributed by atoms with van der Waals surface area (Å²) in [7, 11) is 0. The third kappa shape index (κ3) is 8.99. The van der Waals surface area contributed by atoms with Crippen LogP contribution in [0.1, 0.15) is 36.2 Å². The summed E-state index contributed by atoms with van der Waals surface area (Å²) in [5.74, 6) is -0.624. The number of rotatable bonds is 13. The molecular weight excluding hydrogens is 621 g/mol. The van der Waals surface area contributed by atoms with Gasteiger partial charge in [-0.2, -0.15) is 9.36 Å². The Morgan fingerprint density at radius 1 is 1.00 bits per heavy atom. The van der Waals surface area contributed by atoms with Gasteiger partial charge < -0.3 is 10.6 Å². The Kier molecular flexibility index (Phi) is 11.6. The molecule has 0 fully saturated rings. The lowest BCUT2D eigenvalue weighted by molar-refractivity contribution is -0.385. The molecule has 0 radical (unpaired) electrons. The smallest absolute Gasteiger partial charge is 0.276 e. The molecule has 3 N–H and O–H groups in total. The Morgan fingerprint density at radius 3 is 2.48 bits per heavy atom. The van der Waals surface area contributed by atoms with E-state index in [1.165, 1.54) is 47.8 Å². The summed E-state index contributed by atoms with van der Waals surface area (Å²) in [6.45, 7) is 3.90. The lowest BCUT2D eigenvalue weighted by Gasteiger charge is -2.15. The number of thioether (sulfide) groups is 2. The summed E-state index contributed by atoms with van der Waals surface area (Å²) in [5, 5.41) is 20.4. The largest absolute Gasteiger partial charge is 0.321 e. The molecule has 0 bridgehead atoms. The summed E-state index contributed by atoms with van der Waals surface area (Å²) in [4.78, 5) is 55.5. The molecular formula is C30H28N6O5S3. The zero-order valence-corrected chi connectivity index (χ0v) is 26.1. The second-order valence-electron chi connectivity index (χ2n) is 9.00. The molecule has 0 aliphatic rings. The van der Waals surface area contributed by atoms with Gasteiger partial charge in [0.1, 0.15) is 5.70 Å². The van der Waals surface area contributed by atoms with E-state index in [1.54, 1.807) is 54.6 Å². The molecule has 0 spiro atoms. The quantitative estimate of drug-likeness (QED) is 0.0639. The first-order valence-corrected chi connectivity index (χ1v) is 16.1. The second-order valence-corrected chi connectivity index (χ2v) is 12.3. The summed E-state index contributed by atoms with van der Waals surface area (Å²) in [6, 6.07) is 21.1. The van der Waals surface area contributed by atoms with E-state index in [-0.39, 0.29) is 22.9 Å². The monoisotopic (exact) mass is 648 g/mol. The van der Waals surface area contributed by atoms with Crippen LogP contribution in [0.5, 0.6) is 0 Å². The summed E-state index contributed by atoms with van der Waals surface area (Å²) >= 11 is 3.95. The van der Waals surface area contributed by atoms with Gasteiger partial charge in [0.25, 0.3) is 17.5 Å². The van der Waals surface area contributed by atoms with E-state index in [4.69, 9.17) is 0 Å². The first-order chi connectivity index (χ1) is 21.3. The van der Waals surface area contributed by atoms with Crippen LogP contribution in [-0.4, -0.2) is 43.0 Å². The minimum Gasteiger partial charge on any atom is -0.321 e. The molecule has 44 heavy (non-hydrogen) atoms. The third-order valence-electron chi connectivity index (χ3n) is 5.91. The predicted molar refractivity (Wildman–Crippen MR) is 175 cm³/mol. The molecule has 11 nitrogen and oxygen atoms in total. The van der Waals surface area contributed by atoms with Crippen molar-refractivity contribution < 1.29 is 19.3 Å². The first kappa shape index (κ1) is 32.4. The van der Waals surface area contributed by atoms with Crippen LogP contribution >= 0.6 is 35.1 Å². The standard InChI is InChI=1S/C30H28N6O5S3/c1-3-25(28(39)33-29-34-30(35-44-29)42-4-2)43-22-15-10-14-21(18-22)31-27(38)23(32-26(37)19-11-6-5-7-12-19)17-20-13-8-9-16-24(20)36(40)41/h5-18,25H,3-4H2,1-2H3,(H,31,38)(H,32,37)(H,33,34,35,39)/b23-17+. The summed E-state index contributed by atoms with van der Waals surface area (Å²) < 4.78 is 4.22. The Morgan fingerprint density at radius 2 is 1.75 bits per heavy atom. The van der Waals surface area contributed by atoms with Crippen molar-refractivity contribution in [2.75, 3.05) is 16.4 Å². The van der Waals surface area contributed by atoms with Crippen molar-refractivity contribution in [3.05, 3.63) is 106 Å². The zero-order chi connectivity index (χ0) is 31.5. The molecule has 4 aromatic rings. The molecule has 14 heteroatoms. The number of para-hydroxylation sites is 1. The fourth-order valence-corrected chi connectivity index (χ4v) is 6.13. The van der Waals surface area contributed by atoms with Crippen LogP contribution < -0.4 is 16.0 Å². The van der Waals surface area contributed by atoms with Crippen LogP contribution in [0.25, 0.3) is 6.08 Å². The molecule has 0 aliphatic carbocycles. The van der Waals surface area contributed by atoms with Crippen molar-refractivity contribution in [1.82, 2.24) is 14.7 Å². The van der Waals surface area contributed by atoms with Crippen molar-refractivity contribution in [2.24, 2.45) is 0 Å². The first-order valence-electron chi connectivity index (χ1n) is 13.4. The highest BCUT2D eigenvalue weighted by molar-refractivity contribution is 8.00. The average molecular weight is 649 g/mol. The number of benzene rings is 3. The maximum atomic E-state index is 13.5. The maximum absolute atomic E-state index is 13.5. The van der Waals surface area contributed by atoms with Crippen LogP contribution in [0.4, 0.5) is 16.5 Å². The lowest BCUT2D eigenvalue weighted by Crippen LogP contribution is -2.30. The number of amides is 3. The van der Waals surface area contributed by atoms with Gasteiger partial charge in [0, 0.05) is 33.7 Å². The normalized spacial score (nSPS) is 11.8. The summed E-state index contributed by atoms with van der Waals surface area (Å²) in [6.07, 6.45) is 1.80. The number of hydrogen-bond acceptors (Lipinski definition) is 10. The van der Waals surface area contributed by atoms with E-state index in [0.717, 1.165) is 22.2 Å². The highest BCUT2D eigenvalue weighted by Crippen LogP contribution is 2.29. The van der Waals surface area contributed by atoms with Crippen LogP contribution in [0.2, 0.25) is 0 Å². The molecule has 0 aliphatic heterocycles. The highest BCUT2D eigenvalue weighted by atomic mass is 32.2. The van der Waals surface area contributed by atoms with Crippen molar-refractivity contribution in [1.29, 1.82) is 0 Å². The van der Waals surface area contributed by atoms with Crippen molar-refractivity contribution in [2.45, 2.75) is 35.6 Å². The van der Waals surface area contributed by atoms with Gasteiger partial charge in [0.15, 0.2) is 0 Å². The van der Waals surface area contributed by atoms with Gasteiger partial charge in [0.05, 0.1) is 15.7 Å². The Labute approximate surface area is 266 Å². The van der Waals surface area contributed by atoms with Crippen molar-refractivity contribution in [3.63, 3.8) is 0 Å². The Hall–Kier alpha value is -4.53. The zero-order valence-electron chi connectivity index (χ0n) is 23.7. The molecule has 4 rings (SSSR count). The number of nitro groups is 1. The number of nitro benzene ring substituents is 1. The van der Waals surface area contributed by atoms with Gasteiger partial charge in [0.2, 0.25) is 16.2 Å². The van der Waals surface area contributed by atoms with Gasteiger partial charge in [-0.25, -0.2) is 0 Å². The Bertz CT molecular complexity index is 1680. The van der Waals surface area contributed by atoms with Gasteiger partial charge in [-0.1, -0.05) is 62.0 Å². The van der Waals surface area contributed by atoms with E-state index < -0.39 is 22.0 Å². The van der Waals surface area contributed by atoms with Gasteiger partial charge in [-0.05, 0) is 54.6 Å². The van der Waals surface area contributed by atoms with Crippen LogP contribution in [0.3, 0.4) is 0 Å². The molecule has 0 saturated carbocycles. The number of carbonyl (C=O) groups is 3. The topological polar surface area (TPSA) is 156 Å². The van der Waals surface area contributed by atoms with Crippen molar-refractivity contribution >= 4 is 75.4 Å². The number of nitrogens with zero attached hydrogens (tertiary/aromatic N) is 3. The van der Waals surface area contributed by atoms with Crippen LogP contribution in [0.15, 0.2) is 94.6 Å². The molecule has 3 aromatic carbocycles. The van der Waals surface area contributed by atoms with Crippen LogP contribution in [-0.2, 0) is 9.59 Å². The van der Waals surface area contributed by atoms with Gasteiger partial charge >= 0.3 is 0 Å². The summed E-state index contributed by atoms with van der Waals surface area (Å²) in [5.41, 5.74) is 0.457. The third-order valence-corrected chi connectivity index (χ3v) is 8.74. The highest BCUT2D eigenvalue weighted by Gasteiger charge is 2.21. The number of hydrogen-bond donors (Lipinski definition) is 3. The molecule has 1 unspecified atom stereocenters. The van der Waals surface area contributed by atoms with E-state index in [2.05, 4.69) is 25.3 Å². The number of aromatic nitrogens is 2. The Balaban J connectivity index is 1.52. The molecule has 1 heterocycles. The molecule has 1 atom stereocenters. The number of nitrogens with one attached hydrogen (secondary N) is 3. The van der Waals surface area contributed by atoms with E-state index in [9.17, 15) is 24.5 Å². The molecule has 226 valence electrons. The van der Waals surface area contributed by atoms with E-state index >= 15 is 0 Å².